The molecule has 31 heavy (non-hydrogen) atoms. The van der Waals surface area contributed by atoms with Crippen LogP contribution >= 0.6 is 0 Å². The number of ketones is 1. The minimum Gasteiger partial charge on any atom is -0.444 e. The van der Waals surface area contributed by atoms with E-state index in [1.165, 1.54) is 6.20 Å². The first-order chi connectivity index (χ1) is 15.2. The highest BCUT2D eigenvalue weighted by atomic mass is 16.5. The molecule has 0 aliphatic heterocycles. The molecule has 0 unspecified atom stereocenters. The van der Waals surface area contributed by atoms with Crippen molar-refractivity contribution >= 4 is 11.8 Å². The fourth-order valence-corrected chi connectivity index (χ4v) is 3.97. The summed E-state index contributed by atoms with van der Waals surface area (Å²) in [5.41, 5.74) is 4.85. The molecule has 1 aromatic heterocycles. The number of fused-ring (bicyclic) bond motifs is 3. The first-order valence-electron chi connectivity index (χ1n) is 10.0. The number of rotatable bonds is 5. The smallest absolute Gasteiger partial charge is 0.406 e. The van der Waals surface area contributed by atoms with Gasteiger partial charge in [0.2, 0.25) is 12.3 Å². The van der Waals surface area contributed by atoms with Crippen LogP contribution in [0, 0.1) is 0 Å². The maximum Gasteiger partial charge on any atom is 0.406 e. The van der Waals surface area contributed by atoms with Crippen LogP contribution in [0.3, 0.4) is 0 Å². The van der Waals surface area contributed by atoms with Crippen molar-refractivity contribution in [1.82, 2.24) is 4.98 Å². The number of hydrogen-bond acceptors (Lipinski definition) is 4. The quantitative estimate of drug-likeness (QED) is 0.283. The number of aromatic nitrogens is 2. The third-order valence-corrected chi connectivity index (χ3v) is 5.46. The molecule has 0 fully saturated rings. The Morgan fingerprint density at radius 3 is 2.13 bits per heavy atom. The third-order valence-electron chi connectivity index (χ3n) is 5.46. The largest absolute Gasteiger partial charge is 0.444 e. The number of Topliss-reactive ketones (excluding diaryl/α,β-unsaturated/α-hetero) is 1. The van der Waals surface area contributed by atoms with E-state index in [2.05, 4.69) is 4.98 Å². The molecule has 1 heterocycles. The summed E-state index contributed by atoms with van der Waals surface area (Å²) in [6.07, 6.45) is 4.11. The molecule has 3 aromatic carbocycles. The van der Waals surface area contributed by atoms with E-state index in [1.807, 2.05) is 66.7 Å². The summed E-state index contributed by atoms with van der Waals surface area (Å²) >= 11 is 0. The number of benzene rings is 3. The molecule has 0 amide bonds. The van der Waals surface area contributed by atoms with Crippen LogP contribution in [0.15, 0.2) is 97.5 Å². The zero-order valence-electron chi connectivity index (χ0n) is 16.6. The van der Waals surface area contributed by atoms with Gasteiger partial charge in [0, 0.05) is 16.7 Å². The molecular weight excluding hydrogens is 388 g/mol. The molecule has 0 spiro atoms. The molecule has 0 N–H and O–H groups in total. The normalized spacial score (nSPS) is 12.1. The molecular formula is C26H19N2O3+. The second-order valence-corrected chi connectivity index (χ2v) is 7.34. The van der Waals surface area contributed by atoms with Gasteiger partial charge in [-0.15, -0.1) is 0 Å². The van der Waals surface area contributed by atoms with Crippen molar-refractivity contribution in [3.05, 3.63) is 120 Å². The van der Waals surface area contributed by atoms with Crippen LogP contribution in [0.2, 0.25) is 0 Å². The molecule has 5 rings (SSSR count). The van der Waals surface area contributed by atoms with Gasteiger partial charge in [-0.05, 0) is 11.1 Å². The summed E-state index contributed by atoms with van der Waals surface area (Å²) < 4.78 is 7.55. The highest BCUT2D eigenvalue weighted by Gasteiger charge is 2.34. The minimum absolute atomic E-state index is 0.0226. The van der Waals surface area contributed by atoms with Crippen molar-refractivity contribution in [2.45, 2.75) is 12.6 Å². The Hall–Kier alpha value is -4.12. The number of nitrogens with zero attached hydrogens (tertiary/aromatic N) is 2. The topological polar surface area (TPSA) is 60.1 Å². The predicted molar refractivity (Wildman–Crippen MR) is 114 cm³/mol. The Kier molecular flexibility index (Phi) is 4.84. The van der Waals surface area contributed by atoms with Gasteiger partial charge in [-0.2, -0.15) is 4.57 Å². The van der Waals surface area contributed by atoms with E-state index in [4.69, 9.17) is 4.74 Å². The van der Waals surface area contributed by atoms with Gasteiger partial charge in [-0.1, -0.05) is 78.9 Å². The predicted octanol–water partition coefficient (Wildman–Crippen LogP) is 4.18. The van der Waals surface area contributed by atoms with E-state index in [0.717, 1.165) is 22.3 Å². The molecule has 0 atom stereocenters. The van der Waals surface area contributed by atoms with Crippen LogP contribution < -0.4 is 4.57 Å². The molecule has 5 heteroatoms. The second kappa shape index (κ2) is 7.95. The molecule has 1 aliphatic rings. The number of carbonyl (C=O) groups is 2. The van der Waals surface area contributed by atoms with E-state index in [9.17, 15) is 9.59 Å². The van der Waals surface area contributed by atoms with Gasteiger partial charge in [0.25, 0.3) is 0 Å². The van der Waals surface area contributed by atoms with Crippen LogP contribution in [0.4, 0.5) is 0 Å². The van der Waals surface area contributed by atoms with Gasteiger partial charge in [0.15, 0.2) is 12.3 Å². The average molecular weight is 407 g/mol. The highest BCUT2D eigenvalue weighted by molar-refractivity contribution is 5.95. The first kappa shape index (κ1) is 18.9. The summed E-state index contributed by atoms with van der Waals surface area (Å²) in [5.74, 6) is -0.618. The van der Waals surface area contributed by atoms with E-state index < -0.39 is 12.1 Å². The third kappa shape index (κ3) is 3.51. The Labute approximate surface area is 179 Å². The lowest BCUT2D eigenvalue weighted by atomic mass is 10.1. The highest BCUT2D eigenvalue weighted by Crippen LogP contribution is 2.45. The number of ether oxygens (including phenoxy) is 1. The number of hydrogen-bond donors (Lipinski definition) is 0. The van der Waals surface area contributed by atoms with E-state index in [-0.39, 0.29) is 18.0 Å². The lowest BCUT2D eigenvalue weighted by Gasteiger charge is -2.14. The van der Waals surface area contributed by atoms with E-state index in [1.54, 1.807) is 29.1 Å². The van der Waals surface area contributed by atoms with Gasteiger partial charge in [0.1, 0.15) is 6.20 Å². The summed E-state index contributed by atoms with van der Waals surface area (Å²) in [4.78, 5) is 29.9. The number of esters is 1. The van der Waals surface area contributed by atoms with Crippen LogP contribution in [0.5, 0.6) is 0 Å². The summed E-state index contributed by atoms with van der Waals surface area (Å²) in [6.45, 7) is 0.0226. The molecule has 0 saturated carbocycles. The Morgan fingerprint density at radius 2 is 1.45 bits per heavy atom. The number of carbonyl (C=O) groups excluding carboxylic acids is 2. The summed E-state index contributed by atoms with van der Waals surface area (Å²) in [5, 5.41) is 0. The Morgan fingerprint density at radius 1 is 0.839 bits per heavy atom. The maximum absolute atomic E-state index is 13.2. The van der Waals surface area contributed by atoms with Crippen molar-refractivity contribution in [3.8, 4) is 11.1 Å². The van der Waals surface area contributed by atoms with Crippen molar-refractivity contribution < 1.29 is 18.9 Å². The SMILES string of the molecule is O=C(C[n+]1ccncc1C(=O)OC1c2ccccc2-c2ccccc21)c1ccccc1. The summed E-state index contributed by atoms with van der Waals surface area (Å²) in [7, 11) is 0. The minimum atomic E-state index is -0.523. The van der Waals surface area contributed by atoms with Crippen LogP contribution in [-0.4, -0.2) is 16.7 Å². The molecule has 4 aromatic rings. The van der Waals surface area contributed by atoms with Crippen molar-refractivity contribution in [1.29, 1.82) is 0 Å². The standard InChI is InChI=1S/C26H19N2O3/c29-24(18-8-2-1-3-9-18)17-28-15-14-27-16-23(28)26(30)31-25-21-12-6-4-10-19(21)20-11-5-7-13-22(20)25/h1-16,25H,17H2/q+1. The molecule has 0 saturated heterocycles. The Bertz CT molecular complexity index is 1240. The second-order valence-electron chi connectivity index (χ2n) is 7.34. The lowest BCUT2D eigenvalue weighted by molar-refractivity contribution is -0.686. The maximum atomic E-state index is 13.2. The van der Waals surface area contributed by atoms with Crippen molar-refractivity contribution in [2.24, 2.45) is 0 Å². The molecule has 150 valence electrons. The average Bonchev–Trinajstić information content (AvgIpc) is 3.14. The fourth-order valence-electron chi connectivity index (χ4n) is 3.97. The van der Waals surface area contributed by atoms with Gasteiger partial charge in [0.05, 0.1) is 6.20 Å². The first-order valence-corrected chi connectivity index (χ1v) is 10.0. The van der Waals surface area contributed by atoms with E-state index in [0.29, 0.717) is 5.56 Å². The van der Waals surface area contributed by atoms with Crippen molar-refractivity contribution in [2.75, 3.05) is 0 Å². The van der Waals surface area contributed by atoms with Gasteiger partial charge in [-0.25, -0.2) is 4.79 Å². The fraction of sp³-hybridized carbons (Fsp3) is 0.0769. The molecule has 0 bridgehead atoms. The lowest BCUT2D eigenvalue weighted by Crippen LogP contribution is -2.44. The van der Waals surface area contributed by atoms with Crippen LogP contribution in [0.1, 0.15) is 38.1 Å². The van der Waals surface area contributed by atoms with Crippen molar-refractivity contribution in [3.63, 3.8) is 0 Å². The molecule has 5 nitrogen and oxygen atoms in total. The molecule has 0 radical (unpaired) electrons. The van der Waals surface area contributed by atoms with Crippen LogP contribution in [-0.2, 0) is 11.3 Å². The van der Waals surface area contributed by atoms with Gasteiger partial charge < -0.3 is 4.74 Å². The molecule has 1 aliphatic carbocycles. The zero-order valence-corrected chi connectivity index (χ0v) is 16.6. The monoisotopic (exact) mass is 407 g/mol. The van der Waals surface area contributed by atoms with E-state index >= 15 is 0 Å². The Balaban J connectivity index is 1.44. The van der Waals surface area contributed by atoms with Crippen LogP contribution in [0.25, 0.3) is 11.1 Å². The summed E-state index contributed by atoms with van der Waals surface area (Å²) in [6, 6.07) is 24.8. The zero-order chi connectivity index (χ0) is 21.2. The van der Waals surface area contributed by atoms with Gasteiger partial charge in [-0.3, -0.25) is 9.78 Å². The van der Waals surface area contributed by atoms with Gasteiger partial charge >= 0.3 is 11.7 Å².